The first-order valence-corrected chi connectivity index (χ1v) is 9.31. The molecule has 0 aromatic heterocycles. The summed E-state index contributed by atoms with van der Waals surface area (Å²) in [6.07, 6.45) is 16.0. The minimum Gasteiger partial charge on any atom is -0.340 e. The number of nitrogens with two attached hydrogens (primary N) is 1. The lowest BCUT2D eigenvalue weighted by Gasteiger charge is -2.35. The number of nitrogens with zero attached hydrogens (tertiary/aromatic N) is 1. The Hall–Kier alpha value is -0.570. The number of amides is 1. The van der Waals surface area contributed by atoms with Crippen LogP contribution in [0.2, 0.25) is 0 Å². The summed E-state index contributed by atoms with van der Waals surface area (Å²) >= 11 is 0. The van der Waals surface area contributed by atoms with Crippen LogP contribution in [0, 0.1) is 5.92 Å². The smallest absolute Gasteiger partial charge is 0.222 e. The van der Waals surface area contributed by atoms with E-state index in [1.54, 1.807) is 0 Å². The highest BCUT2D eigenvalue weighted by Gasteiger charge is 2.25. The van der Waals surface area contributed by atoms with Crippen LogP contribution in [0.4, 0.5) is 0 Å². The lowest BCUT2D eigenvalue weighted by molar-refractivity contribution is -0.134. The zero-order chi connectivity index (χ0) is 14.9. The van der Waals surface area contributed by atoms with Crippen LogP contribution in [0.3, 0.4) is 0 Å². The molecule has 0 atom stereocenters. The van der Waals surface area contributed by atoms with E-state index in [1.807, 2.05) is 0 Å². The maximum absolute atomic E-state index is 12.7. The summed E-state index contributed by atoms with van der Waals surface area (Å²) in [6, 6.07) is 0.504. The third kappa shape index (κ3) is 5.61. The van der Waals surface area contributed by atoms with E-state index in [0.717, 1.165) is 31.7 Å². The molecule has 0 unspecified atom stereocenters. The first kappa shape index (κ1) is 16.8. The second-order valence-corrected chi connectivity index (χ2v) is 7.06. The summed E-state index contributed by atoms with van der Waals surface area (Å²) < 4.78 is 0. The summed E-state index contributed by atoms with van der Waals surface area (Å²) in [5.74, 6) is 1.21. The average molecular weight is 294 g/mol. The van der Waals surface area contributed by atoms with Crippen molar-refractivity contribution in [3.05, 3.63) is 0 Å². The molecule has 2 rings (SSSR count). The Bertz CT molecular complexity index is 294. The molecule has 21 heavy (non-hydrogen) atoms. The molecule has 2 fully saturated rings. The summed E-state index contributed by atoms with van der Waals surface area (Å²) in [7, 11) is 0. The van der Waals surface area contributed by atoms with E-state index in [2.05, 4.69) is 4.90 Å². The van der Waals surface area contributed by atoms with Crippen LogP contribution in [0.25, 0.3) is 0 Å². The molecule has 1 amide bonds. The Kier molecular flexibility index (Phi) is 7.56. The van der Waals surface area contributed by atoms with Crippen LogP contribution < -0.4 is 5.73 Å². The molecule has 3 heteroatoms. The van der Waals surface area contributed by atoms with Crippen LogP contribution in [-0.4, -0.2) is 29.9 Å². The van der Waals surface area contributed by atoms with E-state index >= 15 is 0 Å². The molecule has 2 saturated carbocycles. The SMILES string of the molecule is NCCCN(C(=O)CCC1CCCCC1)C1CCCCC1. The minimum atomic E-state index is 0.404. The molecule has 0 spiro atoms. The van der Waals surface area contributed by atoms with Gasteiger partial charge in [-0.05, 0) is 38.1 Å². The Labute approximate surface area is 130 Å². The van der Waals surface area contributed by atoms with Gasteiger partial charge < -0.3 is 10.6 Å². The van der Waals surface area contributed by atoms with Gasteiger partial charge in [0.15, 0.2) is 0 Å². The Morgan fingerprint density at radius 1 is 0.952 bits per heavy atom. The highest BCUT2D eigenvalue weighted by atomic mass is 16.2. The standard InChI is InChI=1S/C18H34N2O/c19-14-7-15-20(17-10-5-2-6-11-17)18(21)13-12-16-8-3-1-4-9-16/h16-17H,1-15,19H2. The van der Waals surface area contributed by atoms with E-state index in [-0.39, 0.29) is 0 Å². The van der Waals surface area contributed by atoms with Gasteiger partial charge in [-0.1, -0.05) is 51.4 Å². The highest BCUT2D eigenvalue weighted by Crippen LogP contribution is 2.28. The third-order valence-electron chi connectivity index (χ3n) is 5.43. The summed E-state index contributed by atoms with van der Waals surface area (Å²) in [6.45, 7) is 1.57. The molecule has 2 aliphatic carbocycles. The van der Waals surface area contributed by atoms with Crippen molar-refractivity contribution in [2.24, 2.45) is 11.7 Å². The van der Waals surface area contributed by atoms with Crippen molar-refractivity contribution < 1.29 is 4.79 Å². The predicted octanol–water partition coefficient (Wildman–Crippen LogP) is 3.86. The van der Waals surface area contributed by atoms with Crippen molar-refractivity contribution in [3.63, 3.8) is 0 Å². The van der Waals surface area contributed by atoms with Gasteiger partial charge in [0.1, 0.15) is 0 Å². The van der Waals surface area contributed by atoms with Crippen molar-refractivity contribution in [2.75, 3.05) is 13.1 Å². The molecule has 122 valence electrons. The molecule has 0 bridgehead atoms. The topological polar surface area (TPSA) is 46.3 Å². The Morgan fingerprint density at radius 2 is 1.57 bits per heavy atom. The molecule has 0 aromatic rings. The summed E-state index contributed by atoms with van der Waals surface area (Å²) in [5, 5.41) is 0. The molecule has 2 aliphatic rings. The molecule has 0 aromatic carbocycles. The van der Waals surface area contributed by atoms with Crippen LogP contribution in [0.5, 0.6) is 0 Å². The quantitative estimate of drug-likeness (QED) is 0.775. The van der Waals surface area contributed by atoms with Crippen LogP contribution in [0.1, 0.15) is 83.5 Å². The lowest BCUT2D eigenvalue weighted by Crippen LogP contribution is -2.42. The maximum Gasteiger partial charge on any atom is 0.222 e. The Balaban J connectivity index is 1.80. The van der Waals surface area contributed by atoms with Gasteiger partial charge >= 0.3 is 0 Å². The first-order chi connectivity index (χ1) is 10.3. The fourth-order valence-electron chi connectivity index (χ4n) is 4.11. The second-order valence-electron chi connectivity index (χ2n) is 7.06. The van der Waals surface area contributed by atoms with Crippen molar-refractivity contribution in [3.8, 4) is 0 Å². The maximum atomic E-state index is 12.7. The van der Waals surface area contributed by atoms with Crippen LogP contribution in [-0.2, 0) is 4.79 Å². The molecule has 0 saturated heterocycles. The van der Waals surface area contributed by atoms with E-state index in [0.29, 0.717) is 18.5 Å². The highest BCUT2D eigenvalue weighted by molar-refractivity contribution is 5.76. The first-order valence-electron chi connectivity index (χ1n) is 9.31. The van der Waals surface area contributed by atoms with Gasteiger partial charge in [0.25, 0.3) is 0 Å². The van der Waals surface area contributed by atoms with E-state index in [1.165, 1.54) is 64.2 Å². The van der Waals surface area contributed by atoms with Crippen LogP contribution in [0.15, 0.2) is 0 Å². The summed E-state index contributed by atoms with van der Waals surface area (Å²) in [5.41, 5.74) is 5.66. The van der Waals surface area contributed by atoms with Crippen molar-refractivity contribution >= 4 is 5.91 Å². The largest absolute Gasteiger partial charge is 0.340 e. The molecule has 0 aliphatic heterocycles. The van der Waals surface area contributed by atoms with Gasteiger partial charge in [-0.15, -0.1) is 0 Å². The minimum absolute atomic E-state index is 0.404. The zero-order valence-corrected chi connectivity index (χ0v) is 13.7. The number of carbonyl (C=O) groups is 1. The zero-order valence-electron chi connectivity index (χ0n) is 13.7. The molecule has 0 radical (unpaired) electrons. The number of hydrogen-bond donors (Lipinski definition) is 1. The van der Waals surface area contributed by atoms with Gasteiger partial charge in [-0.3, -0.25) is 4.79 Å². The third-order valence-corrected chi connectivity index (χ3v) is 5.43. The van der Waals surface area contributed by atoms with Gasteiger partial charge in [0.05, 0.1) is 0 Å². The van der Waals surface area contributed by atoms with Gasteiger partial charge in [-0.2, -0.15) is 0 Å². The molecule has 2 N–H and O–H groups in total. The van der Waals surface area contributed by atoms with Gasteiger partial charge in [0.2, 0.25) is 5.91 Å². The predicted molar refractivity (Wildman–Crippen MR) is 88.1 cm³/mol. The lowest BCUT2D eigenvalue weighted by atomic mass is 9.86. The molecular weight excluding hydrogens is 260 g/mol. The van der Waals surface area contributed by atoms with E-state index in [4.69, 9.17) is 5.73 Å². The molecule has 3 nitrogen and oxygen atoms in total. The van der Waals surface area contributed by atoms with E-state index in [9.17, 15) is 4.79 Å². The summed E-state index contributed by atoms with van der Waals surface area (Å²) in [4.78, 5) is 14.9. The van der Waals surface area contributed by atoms with Crippen molar-refractivity contribution in [1.29, 1.82) is 0 Å². The molecular formula is C18H34N2O. The van der Waals surface area contributed by atoms with E-state index < -0.39 is 0 Å². The fourth-order valence-corrected chi connectivity index (χ4v) is 4.11. The number of hydrogen-bond acceptors (Lipinski definition) is 2. The number of rotatable bonds is 7. The fraction of sp³-hybridized carbons (Fsp3) is 0.944. The normalized spacial score (nSPS) is 21.4. The number of carbonyl (C=O) groups excluding carboxylic acids is 1. The van der Waals surface area contributed by atoms with Crippen molar-refractivity contribution in [2.45, 2.75) is 89.5 Å². The monoisotopic (exact) mass is 294 g/mol. The Morgan fingerprint density at radius 3 is 2.19 bits per heavy atom. The average Bonchev–Trinajstić information content (AvgIpc) is 2.55. The van der Waals surface area contributed by atoms with Gasteiger partial charge in [-0.25, -0.2) is 0 Å². The second kappa shape index (κ2) is 9.45. The molecule has 0 heterocycles. The van der Waals surface area contributed by atoms with Crippen LogP contribution >= 0.6 is 0 Å². The van der Waals surface area contributed by atoms with Crippen molar-refractivity contribution in [1.82, 2.24) is 4.90 Å². The van der Waals surface area contributed by atoms with Gasteiger partial charge in [0, 0.05) is 19.0 Å².